The first kappa shape index (κ1) is 9.79. The highest BCUT2D eigenvalue weighted by atomic mass is 79.9. The highest BCUT2D eigenvalue weighted by Crippen LogP contribution is 2.27. The minimum absolute atomic E-state index is 0.858. The molecule has 0 saturated carbocycles. The fourth-order valence-corrected chi connectivity index (χ4v) is 2.68. The molecule has 1 nitrogen and oxygen atoms in total. The van der Waals surface area contributed by atoms with Gasteiger partial charge in [0.2, 0.25) is 0 Å². The van der Waals surface area contributed by atoms with Gasteiger partial charge in [0.1, 0.15) is 0 Å². The van der Waals surface area contributed by atoms with Gasteiger partial charge < -0.3 is 0 Å². The van der Waals surface area contributed by atoms with Crippen molar-refractivity contribution in [3.8, 4) is 0 Å². The standard InChI is InChI=1S/C14H10BrN/c15-9-12-10-5-1-3-7-13(10)16-14-8-4-2-6-11(12)14/h1-8H,9H2. The van der Waals surface area contributed by atoms with Crippen LogP contribution in [-0.4, -0.2) is 4.98 Å². The average molecular weight is 272 g/mol. The lowest BCUT2D eigenvalue weighted by atomic mass is 10.0. The van der Waals surface area contributed by atoms with Crippen LogP contribution in [0, 0.1) is 0 Å². The Morgan fingerprint density at radius 3 is 1.81 bits per heavy atom. The molecule has 0 radical (unpaired) electrons. The van der Waals surface area contributed by atoms with Gasteiger partial charge in [-0.15, -0.1) is 0 Å². The fraction of sp³-hybridized carbons (Fsp3) is 0.0714. The Bertz CT molecular complexity index is 607. The Balaban J connectivity index is 2.56. The summed E-state index contributed by atoms with van der Waals surface area (Å²) in [5.41, 5.74) is 3.45. The lowest BCUT2D eigenvalue weighted by molar-refractivity contribution is 1.44. The molecule has 2 heteroatoms. The predicted octanol–water partition coefficient (Wildman–Crippen LogP) is 4.28. The zero-order chi connectivity index (χ0) is 11.0. The molecule has 3 aromatic rings. The van der Waals surface area contributed by atoms with Crippen molar-refractivity contribution < 1.29 is 0 Å². The van der Waals surface area contributed by atoms with Crippen LogP contribution in [0.3, 0.4) is 0 Å². The number of benzene rings is 2. The third-order valence-electron chi connectivity index (χ3n) is 2.83. The number of fused-ring (bicyclic) bond motifs is 2. The van der Waals surface area contributed by atoms with Crippen molar-refractivity contribution in [1.82, 2.24) is 4.98 Å². The Labute approximate surface area is 102 Å². The quantitative estimate of drug-likeness (QED) is 0.476. The van der Waals surface area contributed by atoms with Crippen molar-refractivity contribution in [1.29, 1.82) is 0 Å². The third-order valence-corrected chi connectivity index (χ3v) is 3.39. The van der Waals surface area contributed by atoms with Gasteiger partial charge in [0, 0.05) is 16.1 Å². The molecule has 16 heavy (non-hydrogen) atoms. The van der Waals surface area contributed by atoms with E-state index in [-0.39, 0.29) is 0 Å². The van der Waals surface area contributed by atoms with Crippen LogP contribution in [-0.2, 0) is 5.33 Å². The van der Waals surface area contributed by atoms with Crippen LogP contribution in [0.25, 0.3) is 21.8 Å². The number of rotatable bonds is 1. The van der Waals surface area contributed by atoms with Crippen molar-refractivity contribution in [3.63, 3.8) is 0 Å². The second kappa shape index (κ2) is 3.87. The molecule has 0 bridgehead atoms. The minimum Gasteiger partial charge on any atom is -0.248 e. The molecule has 2 aromatic carbocycles. The SMILES string of the molecule is BrCc1c2ccccc2nc2ccccc12. The van der Waals surface area contributed by atoms with Gasteiger partial charge in [-0.2, -0.15) is 0 Å². The summed E-state index contributed by atoms with van der Waals surface area (Å²) >= 11 is 3.57. The van der Waals surface area contributed by atoms with Crippen LogP contribution >= 0.6 is 15.9 Å². The van der Waals surface area contributed by atoms with Gasteiger partial charge in [0.15, 0.2) is 0 Å². The zero-order valence-corrected chi connectivity index (χ0v) is 10.2. The molecule has 1 aromatic heterocycles. The molecule has 0 atom stereocenters. The zero-order valence-electron chi connectivity index (χ0n) is 8.65. The van der Waals surface area contributed by atoms with Crippen LogP contribution in [0.4, 0.5) is 0 Å². The van der Waals surface area contributed by atoms with E-state index in [1.54, 1.807) is 0 Å². The van der Waals surface area contributed by atoms with E-state index in [2.05, 4.69) is 57.3 Å². The lowest BCUT2D eigenvalue weighted by Gasteiger charge is -2.07. The van der Waals surface area contributed by atoms with E-state index in [1.165, 1.54) is 16.3 Å². The van der Waals surface area contributed by atoms with Gasteiger partial charge in [-0.1, -0.05) is 52.3 Å². The maximum absolute atomic E-state index is 4.67. The average Bonchev–Trinajstić information content (AvgIpc) is 2.36. The van der Waals surface area contributed by atoms with Crippen molar-refractivity contribution in [2.45, 2.75) is 5.33 Å². The number of halogens is 1. The maximum Gasteiger partial charge on any atom is 0.0712 e. The fourth-order valence-electron chi connectivity index (χ4n) is 2.07. The Hall–Kier alpha value is -1.41. The smallest absolute Gasteiger partial charge is 0.0712 e. The molecule has 0 amide bonds. The maximum atomic E-state index is 4.67. The predicted molar refractivity (Wildman–Crippen MR) is 71.9 cm³/mol. The molecule has 78 valence electrons. The van der Waals surface area contributed by atoms with E-state index in [0.29, 0.717) is 0 Å². The molecule has 0 aliphatic heterocycles. The van der Waals surface area contributed by atoms with Crippen LogP contribution in [0.15, 0.2) is 48.5 Å². The topological polar surface area (TPSA) is 12.9 Å². The highest BCUT2D eigenvalue weighted by molar-refractivity contribution is 9.08. The van der Waals surface area contributed by atoms with Gasteiger partial charge in [-0.3, -0.25) is 0 Å². The summed E-state index contributed by atoms with van der Waals surface area (Å²) in [5.74, 6) is 0. The Morgan fingerprint density at radius 1 is 0.812 bits per heavy atom. The van der Waals surface area contributed by atoms with Crippen LogP contribution in [0.1, 0.15) is 5.56 Å². The van der Waals surface area contributed by atoms with E-state index >= 15 is 0 Å². The lowest BCUT2D eigenvalue weighted by Crippen LogP contribution is -1.89. The summed E-state index contributed by atoms with van der Waals surface area (Å²) in [6.07, 6.45) is 0. The van der Waals surface area contributed by atoms with Gasteiger partial charge in [-0.05, 0) is 17.7 Å². The molecule has 3 rings (SSSR count). The second-order valence-electron chi connectivity index (χ2n) is 3.76. The number of hydrogen-bond donors (Lipinski definition) is 0. The Morgan fingerprint density at radius 2 is 1.31 bits per heavy atom. The van der Waals surface area contributed by atoms with Crippen molar-refractivity contribution in [2.75, 3.05) is 0 Å². The molecule has 1 heterocycles. The van der Waals surface area contributed by atoms with Crippen LogP contribution in [0.2, 0.25) is 0 Å². The number of pyridine rings is 1. The van der Waals surface area contributed by atoms with Crippen LogP contribution < -0.4 is 0 Å². The summed E-state index contributed by atoms with van der Waals surface area (Å²) < 4.78 is 0. The van der Waals surface area contributed by atoms with Gasteiger partial charge in [0.25, 0.3) is 0 Å². The molecule has 0 aliphatic rings. The number of nitrogens with zero attached hydrogens (tertiary/aromatic N) is 1. The van der Waals surface area contributed by atoms with E-state index in [4.69, 9.17) is 0 Å². The largest absolute Gasteiger partial charge is 0.248 e. The van der Waals surface area contributed by atoms with E-state index in [1.807, 2.05) is 12.1 Å². The number of hydrogen-bond acceptors (Lipinski definition) is 1. The molecule has 0 spiro atoms. The van der Waals surface area contributed by atoms with E-state index in [0.717, 1.165) is 16.4 Å². The summed E-state index contributed by atoms with van der Waals surface area (Å²) in [4.78, 5) is 4.67. The van der Waals surface area contributed by atoms with Gasteiger partial charge in [-0.25, -0.2) is 4.98 Å². The first-order chi connectivity index (χ1) is 7.90. The second-order valence-corrected chi connectivity index (χ2v) is 4.32. The van der Waals surface area contributed by atoms with Crippen LogP contribution in [0.5, 0.6) is 0 Å². The molecular weight excluding hydrogens is 262 g/mol. The molecule has 0 N–H and O–H groups in total. The normalized spacial score (nSPS) is 11.1. The molecule has 0 fully saturated rings. The minimum atomic E-state index is 0.858. The van der Waals surface area contributed by atoms with Gasteiger partial charge in [0.05, 0.1) is 11.0 Å². The first-order valence-corrected chi connectivity index (χ1v) is 6.34. The summed E-state index contributed by atoms with van der Waals surface area (Å²) in [7, 11) is 0. The van der Waals surface area contributed by atoms with Crippen molar-refractivity contribution in [3.05, 3.63) is 54.1 Å². The molecule has 0 saturated heterocycles. The molecular formula is C14H10BrN. The highest BCUT2D eigenvalue weighted by Gasteiger charge is 2.06. The third kappa shape index (κ3) is 1.41. The number of alkyl halides is 1. The van der Waals surface area contributed by atoms with E-state index in [9.17, 15) is 0 Å². The van der Waals surface area contributed by atoms with Crippen molar-refractivity contribution in [2.24, 2.45) is 0 Å². The number of para-hydroxylation sites is 2. The van der Waals surface area contributed by atoms with Crippen molar-refractivity contribution >= 4 is 37.7 Å². The summed E-state index contributed by atoms with van der Waals surface area (Å²) in [6, 6.07) is 16.6. The Kier molecular flexibility index (Phi) is 2.37. The summed E-state index contributed by atoms with van der Waals surface area (Å²) in [6.45, 7) is 0. The van der Waals surface area contributed by atoms with E-state index < -0.39 is 0 Å². The first-order valence-electron chi connectivity index (χ1n) is 5.22. The summed E-state index contributed by atoms with van der Waals surface area (Å²) in [5, 5.41) is 3.33. The number of aromatic nitrogens is 1. The molecule has 0 aliphatic carbocycles. The molecule has 0 unspecified atom stereocenters. The van der Waals surface area contributed by atoms with Gasteiger partial charge >= 0.3 is 0 Å². The monoisotopic (exact) mass is 271 g/mol.